The Morgan fingerprint density at radius 2 is 2.04 bits per heavy atom. The van der Waals surface area contributed by atoms with Gasteiger partial charge in [0.1, 0.15) is 5.75 Å². The first kappa shape index (κ1) is 17.7. The number of methoxy groups -OCH3 is 1. The monoisotopic (exact) mass is 377 g/mol. The van der Waals surface area contributed by atoms with Crippen LogP contribution < -0.4 is 4.74 Å². The van der Waals surface area contributed by atoms with E-state index in [2.05, 4.69) is 33.0 Å². The van der Waals surface area contributed by atoms with E-state index >= 15 is 0 Å². The number of pyridine rings is 1. The van der Waals surface area contributed by atoms with Crippen LogP contribution in [0.2, 0.25) is 0 Å². The molecule has 0 N–H and O–H groups in total. The molecule has 4 aliphatic rings. The summed E-state index contributed by atoms with van der Waals surface area (Å²) in [6.45, 7) is 3.13. The molecule has 146 valence electrons. The smallest absolute Gasteiger partial charge is 0.227 e. The molecule has 1 aromatic heterocycles. The molecule has 2 aromatic rings. The SMILES string of the molecule is COc1cccc([C@@H]2CN(C(=O)Cc3cccnc3)[C@H]3C4CCN(CC4)[C@@H]23)c1. The number of likely N-dealkylation sites (tertiary alicyclic amines) is 1. The van der Waals surface area contributed by atoms with Crippen molar-refractivity contribution >= 4 is 5.91 Å². The van der Waals surface area contributed by atoms with Crippen molar-refractivity contribution < 1.29 is 9.53 Å². The van der Waals surface area contributed by atoms with Crippen LogP contribution >= 0.6 is 0 Å². The van der Waals surface area contributed by atoms with E-state index in [0.717, 1.165) is 30.9 Å². The third kappa shape index (κ3) is 2.98. The van der Waals surface area contributed by atoms with Gasteiger partial charge in [-0.15, -0.1) is 0 Å². The summed E-state index contributed by atoms with van der Waals surface area (Å²) in [7, 11) is 1.71. The van der Waals surface area contributed by atoms with Gasteiger partial charge in [-0.2, -0.15) is 0 Å². The summed E-state index contributed by atoms with van der Waals surface area (Å²) in [5, 5.41) is 0. The highest BCUT2D eigenvalue weighted by Crippen LogP contribution is 2.47. The lowest BCUT2D eigenvalue weighted by Crippen LogP contribution is -2.60. The van der Waals surface area contributed by atoms with Crippen LogP contribution in [0.4, 0.5) is 0 Å². The van der Waals surface area contributed by atoms with Crippen LogP contribution in [0.3, 0.4) is 0 Å². The fraction of sp³-hybridized carbons (Fsp3) is 0.478. The Labute approximate surface area is 166 Å². The highest BCUT2D eigenvalue weighted by molar-refractivity contribution is 5.80. The van der Waals surface area contributed by atoms with Gasteiger partial charge in [-0.05, 0) is 61.2 Å². The van der Waals surface area contributed by atoms with E-state index in [1.54, 1.807) is 13.3 Å². The Morgan fingerprint density at radius 3 is 2.79 bits per heavy atom. The molecule has 5 heterocycles. The number of nitrogens with zero attached hydrogens (tertiary/aromatic N) is 3. The second-order valence-corrected chi connectivity index (χ2v) is 8.32. The van der Waals surface area contributed by atoms with Crippen molar-refractivity contribution in [1.29, 1.82) is 0 Å². The summed E-state index contributed by atoms with van der Waals surface area (Å²) >= 11 is 0. The highest BCUT2D eigenvalue weighted by atomic mass is 16.5. The van der Waals surface area contributed by atoms with Gasteiger partial charge in [-0.25, -0.2) is 0 Å². The van der Waals surface area contributed by atoms with Crippen molar-refractivity contribution in [2.45, 2.75) is 37.3 Å². The number of hydrogen-bond donors (Lipinski definition) is 0. The van der Waals surface area contributed by atoms with Crippen molar-refractivity contribution in [3.8, 4) is 5.75 Å². The van der Waals surface area contributed by atoms with Crippen LogP contribution in [0.15, 0.2) is 48.8 Å². The van der Waals surface area contributed by atoms with E-state index in [0.29, 0.717) is 30.3 Å². The standard InChI is InChI=1S/C23H27N3O2/c1-28-19-6-2-5-18(13-19)20-15-26(21(27)12-16-4-3-9-24-14-16)22-17-7-10-25(11-8-17)23(20)22/h2-6,9,13-14,17,20,22-23H,7-8,10-12,15H2,1H3/t20-,22-,23-/m0/s1. The van der Waals surface area contributed by atoms with Crippen molar-refractivity contribution in [2.24, 2.45) is 5.92 Å². The van der Waals surface area contributed by atoms with E-state index in [9.17, 15) is 4.79 Å². The fourth-order valence-corrected chi connectivity index (χ4v) is 5.65. The van der Waals surface area contributed by atoms with E-state index in [-0.39, 0.29) is 5.91 Å². The van der Waals surface area contributed by atoms with Crippen molar-refractivity contribution in [3.63, 3.8) is 0 Å². The van der Waals surface area contributed by atoms with Crippen LogP contribution in [0.1, 0.15) is 29.9 Å². The molecule has 0 radical (unpaired) electrons. The summed E-state index contributed by atoms with van der Waals surface area (Å²) < 4.78 is 5.46. The third-order valence-electron chi connectivity index (χ3n) is 6.91. The Bertz CT molecular complexity index is 848. The fourth-order valence-electron chi connectivity index (χ4n) is 5.65. The van der Waals surface area contributed by atoms with Crippen LogP contribution in [0.25, 0.3) is 0 Å². The zero-order valence-electron chi connectivity index (χ0n) is 16.3. The van der Waals surface area contributed by atoms with Gasteiger partial charge in [0.05, 0.1) is 19.6 Å². The van der Waals surface area contributed by atoms with Gasteiger partial charge in [0.2, 0.25) is 5.91 Å². The zero-order valence-corrected chi connectivity index (χ0v) is 16.3. The first-order chi connectivity index (χ1) is 13.7. The van der Waals surface area contributed by atoms with Gasteiger partial charge >= 0.3 is 0 Å². The average molecular weight is 377 g/mol. The van der Waals surface area contributed by atoms with Gasteiger partial charge < -0.3 is 9.64 Å². The molecule has 2 bridgehead atoms. The third-order valence-corrected chi connectivity index (χ3v) is 6.91. The lowest BCUT2D eigenvalue weighted by molar-refractivity contribution is -0.135. The van der Waals surface area contributed by atoms with Crippen LogP contribution in [-0.2, 0) is 11.2 Å². The van der Waals surface area contributed by atoms with Gasteiger partial charge in [-0.1, -0.05) is 18.2 Å². The van der Waals surface area contributed by atoms with Crippen molar-refractivity contribution in [3.05, 3.63) is 59.9 Å². The first-order valence-corrected chi connectivity index (χ1v) is 10.3. The number of aromatic nitrogens is 1. The molecule has 0 unspecified atom stereocenters. The number of piperidine rings is 3. The number of hydrogen-bond acceptors (Lipinski definition) is 4. The van der Waals surface area contributed by atoms with E-state index in [4.69, 9.17) is 4.74 Å². The molecule has 0 spiro atoms. The average Bonchev–Trinajstić information content (AvgIpc) is 3.18. The molecular weight excluding hydrogens is 350 g/mol. The zero-order chi connectivity index (χ0) is 19.1. The number of ether oxygens (including phenoxy) is 1. The Kier molecular flexibility index (Phi) is 4.55. The second-order valence-electron chi connectivity index (χ2n) is 8.32. The predicted molar refractivity (Wildman–Crippen MR) is 107 cm³/mol. The first-order valence-electron chi connectivity index (χ1n) is 10.3. The van der Waals surface area contributed by atoms with Gasteiger partial charge in [0, 0.05) is 30.9 Å². The molecule has 1 aromatic carbocycles. The minimum absolute atomic E-state index is 0.238. The number of rotatable bonds is 4. The minimum atomic E-state index is 0.238. The second kappa shape index (κ2) is 7.21. The lowest BCUT2D eigenvalue weighted by atomic mass is 9.75. The number of amides is 1. The number of benzene rings is 1. The maximum atomic E-state index is 13.3. The maximum absolute atomic E-state index is 13.3. The molecule has 5 nitrogen and oxygen atoms in total. The number of fused-ring (bicyclic) bond motifs is 2. The van der Waals surface area contributed by atoms with Crippen LogP contribution in [0.5, 0.6) is 5.75 Å². The molecule has 1 amide bonds. The Morgan fingerprint density at radius 1 is 1.18 bits per heavy atom. The lowest BCUT2D eigenvalue weighted by Gasteiger charge is -2.51. The van der Waals surface area contributed by atoms with E-state index < -0.39 is 0 Å². The molecular formula is C23H27N3O2. The number of carbonyl (C=O) groups is 1. The molecule has 3 atom stereocenters. The molecule has 4 aliphatic heterocycles. The van der Waals surface area contributed by atoms with Gasteiger partial charge in [0.25, 0.3) is 0 Å². The van der Waals surface area contributed by atoms with Crippen molar-refractivity contribution in [2.75, 3.05) is 26.7 Å². The summed E-state index contributed by atoms with van der Waals surface area (Å²) in [6, 6.07) is 13.1. The molecule has 0 aliphatic carbocycles. The molecule has 5 heteroatoms. The van der Waals surface area contributed by atoms with Crippen LogP contribution in [0, 0.1) is 5.92 Å². The largest absolute Gasteiger partial charge is 0.497 e. The minimum Gasteiger partial charge on any atom is -0.497 e. The van der Waals surface area contributed by atoms with Gasteiger partial charge in [-0.3, -0.25) is 14.7 Å². The van der Waals surface area contributed by atoms with E-state index in [1.165, 1.54) is 18.4 Å². The van der Waals surface area contributed by atoms with Gasteiger partial charge in [0.15, 0.2) is 0 Å². The number of carbonyl (C=O) groups excluding carboxylic acids is 1. The van der Waals surface area contributed by atoms with Crippen LogP contribution in [-0.4, -0.2) is 59.5 Å². The summed E-state index contributed by atoms with van der Waals surface area (Å²) in [4.78, 5) is 22.3. The molecule has 4 fully saturated rings. The summed E-state index contributed by atoms with van der Waals surface area (Å²) in [5.41, 5.74) is 2.29. The molecule has 6 rings (SSSR count). The normalized spacial score (nSPS) is 30.9. The maximum Gasteiger partial charge on any atom is 0.227 e. The van der Waals surface area contributed by atoms with Crippen molar-refractivity contribution in [1.82, 2.24) is 14.8 Å². The van der Waals surface area contributed by atoms with E-state index in [1.807, 2.05) is 24.4 Å². The Balaban J connectivity index is 1.46. The molecule has 0 saturated carbocycles. The summed E-state index contributed by atoms with van der Waals surface area (Å²) in [5.74, 6) is 2.11. The quantitative estimate of drug-likeness (QED) is 0.822. The predicted octanol–water partition coefficient (Wildman–Crippen LogP) is 2.72. The molecule has 4 saturated heterocycles. The Hall–Kier alpha value is -2.40. The molecule has 28 heavy (non-hydrogen) atoms. The topological polar surface area (TPSA) is 45.7 Å². The summed E-state index contributed by atoms with van der Waals surface area (Å²) in [6.07, 6.45) is 6.42. The highest BCUT2D eigenvalue weighted by Gasteiger charge is 2.54.